The maximum atomic E-state index is 9.50. The third-order valence-corrected chi connectivity index (χ3v) is 3.07. The molecule has 3 heteroatoms. The Morgan fingerprint density at radius 1 is 1.35 bits per heavy atom. The van der Waals surface area contributed by atoms with Crippen molar-refractivity contribution in [3.05, 3.63) is 29.8 Å². The lowest BCUT2D eigenvalue weighted by Gasteiger charge is -2.20. The molecule has 0 fully saturated rings. The van der Waals surface area contributed by atoms with Crippen LogP contribution in [0.5, 0.6) is 5.75 Å². The van der Waals surface area contributed by atoms with Crippen LogP contribution in [0.25, 0.3) is 0 Å². The van der Waals surface area contributed by atoms with Gasteiger partial charge in [0.2, 0.25) is 0 Å². The summed E-state index contributed by atoms with van der Waals surface area (Å²) in [6, 6.07) is 7.36. The normalized spacial score (nSPS) is 15.1. The Morgan fingerprint density at radius 3 is 3.00 bits per heavy atom. The largest absolute Gasteiger partial charge is 0.508 e. The summed E-state index contributed by atoms with van der Waals surface area (Å²) in [5.41, 5.74) is 1.03. The molecular formula is C14H20N2O. The van der Waals surface area contributed by atoms with E-state index in [2.05, 4.69) is 16.8 Å². The molecule has 17 heavy (non-hydrogen) atoms. The van der Waals surface area contributed by atoms with E-state index in [9.17, 15) is 5.11 Å². The molecule has 0 atom stereocenters. The van der Waals surface area contributed by atoms with Gasteiger partial charge in [-0.15, -0.1) is 0 Å². The molecule has 1 aromatic carbocycles. The van der Waals surface area contributed by atoms with Gasteiger partial charge in [-0.25, -0.2) is 0 Å². The second-order valence-corrected chi connectivity index (χ2v) is 4.45. The molecule has 0 amide bonds. The highest BCUT2D eigenvalue weighted by molar-refractivity contribution is 6.00. The van der Waals surface area contributed by atoms with Gasteiger partial charge in [-0.1, -0.05) is 31.9 Å². The first-order chi connectivity index (χ1) is 8.31. The molecule has 1 aliphatic rings. The standard InChI is InChI=1S/C14H20N2O/c1-2-3-4-9-16-10-8-15-14(16)12-6-5-7-13(17)11-12/h5-7,11,17H,2-4,8-10H2,1H3. The summed E-state index contributed by atoms with van der Waals surface area (Å²) < 4.78 is 0. The molecule has 1 aliphatic heterocycles. The smallest absolute Gasteiger partial charge is 0.131 e. The van der Waals surface area contributed by atoms with Crippen LogP contribution < -0.4 is 0 Å². The van der Waals surface area contributed by atoms with E-state index in [1.54, 1.807) is 12.1 Å². The fourth-order valence-electron chi connectivity index (χ4n) is 2.17. The second-order valence-electron chi connectivity index (χ2n) is 4.45. The molecule has 92 valence electrons. The van der Waals surface area contributed by atoms with Crippen molar-refractivity contribution in [1.29, 1.82) is 0 Å². The maximum Gasteiger partial charge on any atom is 0.131 e. The van der Waals surface area contributed by atoms with Crippen LogP contribution in [0.15, 0.2) is 29.3 Å². The average molecular weight is 232 g/mol. The van der Waals surface area contributed by atoms with Crippen LogP contribution in [0.2, 0.25) is 0 Å². The second kappa shape index (κ2) is 5.71. The minimum Gasteiger partial charge on any atom is -0.508 e. The first kappa shape index (κ1) is 12.0. The number of hydrogen-bond acceptors (Lipinski definition) is 3. The zero-order valence-electron chi connectivity index (χ0n) is 10.4. The van der Waals surface area contributed by atoms with Crippen LogP contribution in [0.4, 0.5) is 0 Å². The molecule has 0 radical (unpaired) electrons. The predicted molar refractivity (Wildman–Crippen MR) is 70.6 cm³/mol. The highest BCUT2D eigenvalue weighted by Crippen LogP contribution is 2.17. The number of aromatic hydroxyl groups is 1. The van der Waals surface area contributed by atoms with Crippen molar-refractivity contribution in [3.8, 4) is 5.75 Å². The van der Waals surface area contributed by atoms with E-state index in [4.69, 9.17) is 0 Å². The fourth-order valence-corrected chi connectivity index (χ4v) is 2.17. The molecule has 0 bridgehead atoms. The molecule has 1 heterocycles. The highest BCUT2D eigenvalue weighted by atomic mass is 16.3. The zero-order chi connectivity index (χ0) is 12.1. The molecule has 1 N–H and O–H groups in total. The number of unbranched alkanes of at least 4 members (excludes halogenated alkanes) is 2. The Labute approximate surface area is 103 Å². The summed E-state index contributed by atoms with van der Waals surface area (Å²) in [5.74, 6) is 1.35. The summed E-state index contributed by atoms with van der Waals surface area (Å²) in [6.07, 6.45) is 3.73. The number of aliphatic imine (C=N–C) groups is 1. The lowest BCUT2D eigenvalue weighted by Crippen LogP contribution is -2.29. The molecule has 0 spiro atoms. The summed E-state index contributed by atoms with van der Waals surface area (Å²) in [4.78, 5) is 6.86. The van der Waals surface area contributed by atoms with Crippen molar-refractivity contribution in [2.45, 2.75) is 26.2 Å². The number of nitrogens with zero attached hydrogens (tertiary/aromatic N) is 2. The van der Waals surface area contributed by atoms with Gasteiger partial charge in [0.05, 0.1) is 6.54 Å². The van der Waals surface area contributed by atoms with E-state index in [0.717, 1.165) is 31.0 Å². The monoisotopic (exact) mass is 232 g/mol. The molecule has 0 aliphatic carbocycles. The van der Waals surface area contributed by atoms with E-state index in [1.165, 1.54) is 19.3 Å². The van der Waals surface area contributed by atoms with E-state index in [1.807, 2.05) is 12.1 Å². The zero-order valence-corrected chi connectivity index (χ0v) is 10.4. The fraction of sp³-hybridized carbons (Fsp3) is 0.500. The van der Waals surface area contributed by atoms with Crippen molar-refractivity contribution in [1.82, 2.24) is 4.90 Å². The minimum atomic E-state index is 0.311. The molecule has 0 unspecified atom stereocenters. The number of benzene rings is 1. The lowest BCUT2D eigenvalue weighted by molar-refractivity contribution is 0.437. The minimum absolute atomic E-state index is 0.311. The number of amidine groups is 1. The molecule has 3 nitrogen and oxygen atoms in total. The van der Waals surface area contributed by atoms with Crippen molar-refractivity contribution in [3.63, 3.8) is 0 Å². The van der Waals surface area contributed by atoms with Crippen LogP contribution in [0.3, 0.4) is 0 Å². The summed E-state index contributed by atoms with van der Waals surface area (Å²) in [7, 11) is 0. The Kier molecular flexibility index (Phi) is 4.02. The molecular weight excluding hydrogens is 212 g/mol. The Bertz CT molecular complexity index is 401. The maximum absolute atomic E-state index is 9.50. The summed E-state index contributed by atoms with van der Waals surface area (Å²) in [6.45, 7) is 5.17. The summed E-state index contributed by atoms with van der Waals surface area (Å²) in [5, 5.41) is 9.50. The molecule has 2 rings (SSSR count). The van der Waals surface area contributed by atoms with Gasteiger partial charge >= 0.3 is 0 Å². The lowest BCUT2D eigenvalue weighted by atomic mass is 10.1. The Balaban J connectivity index is 2.04. The van der Waals surface area contributed by atoms with Gasteiger partial charge in [0.1, 0.15) is 11.6 Å². The van der Waals surface area contributed by atoms with Crippen molar-refractivity contribution < 1.29 is 5.11 Å². The van der Waals surface area contributed by atoms with Crippen molar-refractivity contribution in [2.75, 3.05) is 19.6 Å². The van der Waals surface area contributed by atoms with Crippen molar-refractivity contribution >= 4 is 5.84 Å². The van der Waals surface area contributed by atoms with Gasteiger partial charge in [-0.3, -0.25) is 4.99 Å². The number of rotatable bonds is 5. The van der Waals surface area contributed by atoms with Gasteiger partial charge in [-0.2, -0.15) is 0 Å². The molecule has 0 saturated carbocycles. The topological polar surface area (TPSA) is 35.8 Å². The summed E-state index contributed by atoms with van der Waals surface area (Å²) >= 11 is 0. The van der Waals surface area contributed by atoms with Crippen LogP contribution in [0.1, 0.15) is 31.7 Å². The van der Waals surface area contributed by atoms with Gasteiger partial charge in [-0.05, 0) is 18.6 Å². The first-order valence-electron chi connectivity index (χ1n) is 6.40. The Morgan fingerprint density at radius 2 is 2.24 bits per heavy atom. The number of phenols is 1. The van der Waals surface area contributed by atoms with Gasteiger partial charge in [0.25, 0.3) is 0 Å². The van der Waals surface area contributed by atoms with E-state index in [-0.39, 0.29) is 0 Å². The van der Waals surface area contributed by atoms with E-state index in [0.29, 0.717) is 5.75 Å². The SMILES string of the molecule is CCCCCN1CCN=C1c1cccc(O)c1. The van der Waals surface area contributed by atoms with Gasteiger partial charge in [0, 0.05) is 18.7 Å². The quantitative estimate of drug-likeness (QED) is 0.792. The van der Waals surface area contributed by atoms with Crippen molar-refractivity contribution in [2.24, 2.45) is 4.99 Å². The van der Waals surface area contributed by atoms with Gasteiger partial charge < -0.3 is 10.0 Å². The van der Waals surface area contributed by atoms with E-state index >= 15 is 0 Å². The Hall–Kier alpha value is -1.51. The van der Waals surface area contributed by atoms with Gasteiger partial charge in [0.15, 0.2) is 0 Å². The molecule has 1 aromatic rings. The van der Waals surface area contributed by atoms with Crippen LogP contribution in [-0.4, -0.2) is 35.5 Å². The molecule has 0 saturated heterocycles. The predicted octanol–water partition coefficient (Wildman–Crippen LogP) is 2.64. The third-order valence-electron chi connectivity index (χ3n) is 3.07. The number of hydrogen-bond donors (Lipinski definition) is 1. The highest BCUT2D eigenvalue weighted by Gasteiger charge is 2.17. The first-order valence-corrected chi connectivity index (χ1v) is 6.40. The molecule has 0 aromatic heterocycles. The number of phenolic OH excluding ortho intramolecular Hbond substituents is 1. The van der Waals surface area contributed by atoms with Crippen LogP contribution in [-0.2, 0) is 0 Å². The third kappa shape index (κ3) is 2.99. The van der Waals surface area contributed by atoms with Crippen LogP contribution in [0, 0.1) is 0 Å². The van der Waals surface area contributed by atoms with Crippen LogP contribution >= 0.6 is 0 Å². The average Bonchev–Trinajstić information content (AvgIpc) is 2.78. The van der Waals surface area contributed by atoms with E-state index < -0.39 is 0 Å².